The summed E-state index contributed by atoms with van der Waals surface area (Å²) >= 11 is 0. The van der Waals surface area contributed by atoms with Crippen molar-refractivity contribution in [1.82, 2.24) is 4.90 Å². The van der Waals surface area contributed by atoms with E-state index >= 15 is 0 Å². The maximum absolute atomic E-state index is 12.6. The molecule has 1 N–H and O–H groups in total. The molecule has 0 saturated carbocycles. The third kappa shape index (κ3) is 4.57. The van der Waals surface area contributed by atoms with E-state index in [9.17, 15) is 9.90 Å². The van der Waals surface area contributed by atoms with Crippen molar-refractivity contribution in [3.63, 3.8) is 0 Å². The third-order valence-electron chi connectivity index (χ3n) is 5.74. The summed E-state index contributed by atoms with van der Waals surface area (Å²) in [5.41, 5.74) is 0.964. The van der Waals surface area contributed by atoms with E-state index in [1.165, 1.54) is 19.3 Å². The van der Waals surface area contributed by atoms with Gasteiger partial charge in [-0.05, 0) is 24.3 Å². The molecule has 2 saturated heterocycles. The molecule has 2 aliphatic rings. The first-order valence-electron chi connectivity index (χ1n) is 9.92. The van der Waals surface area contributed by atoms with Gasteiger partial charge in [-0.3, -0.25) is 4.90 Å². The van der Waals surface area contributed by atoms with E-state index in [-0.39, 0.29) is 31.5 Å². The number of ether oxygens (including phenoxy) is 2. The monoisotopic (exact) mass is 361 g/mol. The zero-order valence-corrected chi connectivity index (χ0v) is 15.7. The Morgan fingerprint density at radius 3 is 2.88 bits per heavy atom. The van der Waals surface area contributed by atoms with Gasteiger partial charge in [-0.1, -0.05) is 56.5 Å². The van der Waals surface area contributed by atoms with Crippen molar-refractivity contribution in [1.29, 1.82) is 0 Å². The van der Waals surface area contributed by atoms with Gasteiger partial charge in [-0.15, -0.1) is 0 Å². The Morgan fingerprint density at radius 2 is 2.15 bits per heavy atom. The van der Waals surface area contributed by atoms with Crippen molar-refractivity contribution < 1.29 is 19.4 Å². The number of benzene rings is 1. The van der Waals surface area contributed by atoms with Crippen LogP contribution in [0.2, 0.25) is 0 Å². The van der Waals surface area contributed by atoms with E-state index in [1.54, 1.807) is 4.90 Å². The van der Waals surface area contributed by atoms with Gasteiger partial charge in [0.1, 0.15) is 6.61 Å². The van der Waals surface area contributed by atoms with Crippen LogP contribution in [-0.4, -0.2) is 48.0 Å². The van der Waals surface area contributed by atoms with Gasteiger partial charge in [0.05, 0.1) is 18.8 Å². The Morgan fingerprint density at radius 1 is 1.35 bits per heavy atom. The summed E-state index contributed by atoms with van der Waals surface area (Å²) in [6.45, 7) is 3.73. The Hall–Kier alpha value is -1.59. The number of unbranched alkanes of at least 4 members (excludes halogenated alkanes) is 1. The third-order valence-corrected chi connectivity index (χ3v) is 5.74. The quantitative estimate of drug-likeness (QED) is 0.841. The fourth-order valence-corrected chi connectivity index (χ4v) is 4.33. The molecule has 2 fully saturated rings. The normalized spacial score (nSPS) is 28.5. The van der Waals surface area contributed by atoms with Crippen LogP contribution >= 0.6 is 0 Å². The molecule has 4 atom stereocenters. The molecular weight excluding hydrogens is 330 g/mol. The van der Waals surface area contributed by atoms with Gasteiger partial charge >= 0.3 is 6.09 Å². The van der Waals surface area contributed by atoms with Crippen molar-refractivity contribution in [2.24, 2.45) is 11.8 Å². The topological polar surface area (TPSA) is 59.0 Å². The number of aliphatic hydroxyl groups excluding tert-OH is 1. The molecular formula is C21H31NO4. The molecule has 0 aliphatic carbocycles. The molecule has 2 heterocycles. The molecule has 3 rings (SSSR count). The molecule has 0 radical (unpaired) electrons. The second-order valence-electron chi connectivity index (χ2n) is 7.57. The van der Waals surface area contributed by atoms with Crippen LogP contribution in [0.5, 0.6) is 0 Å². The number of nitrogens with zero attached hydrogens (tertiary/aromatic N) is 1. The predicted octanol–water partition coefficient (Wildman–Crippen LogP) is 3.60. The lowest BCUT2D eigenvalue weighted by Crippen LogP contribution is -2.43. The number of aliphatic hydroxyl groups is 1. The SMILES string of the molecule is CCCC[C@@H]1CCO[C@@H]2[C@@H](C1)CN(C(=O)OCc1ccccc1)[C@@H]2CO. The van der Waals surface area contributed by atoms with Gasteiger partial charge in [-0.25, -0.2) is 4.79 Å². The van der Waals surface area contributed by atoms with Gasteiger partial charge in [-0.2, -0.15) is 0 Å². The van der Waals surface area contributed by atoms with Gasteiger partial charge in [0.25, 0.3) is 0 Å². The molecule has 0 unspecified atom stereocenters. The highest BCUT2D eigenvalue weighted by molar-refractivity contribution is 5.68. The summed E-state index contributed by atoms with van der Waals surface area (Å²) in [7, 11) is 0. The van der Waals surface area contributed by atoms with E-state index in [1.807, 2.05) is 30.3 Å². The molecule has 1 aromatic carbocycles. The molecule has 2 aliphatic heterocycles. The highest BCUT2D eigenvalue weighted by Crippen LogP contribution is 2.36. The van der Waals surface area contributed by atoms with Crippen molar-refractivity contribution in [3.8, 4) is 0 Å². The Bertz CT molecular complexity index is 564. The van der Waals surface area contributed by atoms with Crippen LogP contribution in [0.3, 0.4) is 0 Å². The summed E-state index contributed by atoms with van der Waals surface area (Å²) in [4.78, 5) is 14.3. The molecule has 5 heteroatoms. The number of amides is 1. The lowest BCUT2D eigenvalue weighted by atomic mass is 9.87. The number of rotatable bonds is 6. The zero-order chi connectivity index (χ0) is 18.4. The van der Waals surface area contributed by atoms with E-state index < -0.39 is 0 Å². The number of carbonyl (C=O) groups excluding carboxylic acids is 1. The number of hydrogen-bond acceptors (Lipinski definition) is 4. The lowest BCUT2D eigenvalue weighted by molar-refractivity contribution is -0.00305. The number of likely N-dealkylation sites (tertiary alicyclic amines) is 1. The zero-order valence-electron chi connectivity index (χ0n) is 15.7. The standard InChI is InChI=1S/C21H31NO4/c1-2-3-7-16-10-11-25-20-18(12-16)13-22(19(20)14-23)21(24)26-15-17-8-5-4-6-9-17/h4-6,8-9,16,18-20,23H,2-3,7,10-15H2,1H3/t16-,18+,19-,20-/m1/s1. The highest BCUT2D eigenvalue weighted by Gasteiger charge is 2.46. The average Bonchev–Trinajstić information content (AvgIpc) is 2.89. The van der Waals surface area contributed by atoms with Crippen LogP contribution < -0.4 is 0 Å². The minimum absolute atomic E-state index is 0.0732. The summed E-state index contributed by atoms with van der Waals surface area (Å²) < 4.78 is 11.6. The fourth-order valence-electron chi connectivity index (χ4n) is 4.33. The van der Waals surface area contributed by atoms with Gasteiger partial charge in [0.15, 0.2) is 0 Å². The molecule has 5 nitrogen and oxygen atoms in total. The van der Waals surface area contributed by atoms with Gasteiger partial charge in [0.2, 0.25) is 0 Å². The van der Waals surface area contributed by atoms with Crippen LogP contribution in [-0.2, 0) is 16.1 Å². The average molecular weight is 361 g/mol. The van der Waals surface area contributed by atoms with Crippen molar-refractivity contribution >= 4 is 6.09 Å². The molecule has 144 valence electrons. The summed E-state index contributed by atoms with van der Waals surface area (Å²) in [5, 5.41) is 9.88. The van der Waals surface area contributed by atoms with Crippen LogP contribution in [0.25, 0.3) is 0 Å². The van der Waals surface area contributed by atoms with E-state index in [2.05, 4.69) is 6.92 Å². The minimum Gasteiger partial charge on any atom is -0.445 e. The molecule has 1 amide bonds. The summed E-state index contributed by atoms with van der Waals surface area (Å²) in [6, 6.07) is 9.37. The van der Waals surface area contributed by atoms with Gasteiger partial charge in [0, 0.05) is 19.1 Å². The lowest BCUT2D eigenvalue weighted by Gasteiger charge is -2.26. The molecule has 0 aromatic heterocycles. The molecule has 0 bridgehead atoms. The molecule has 1 aromatic rings. The number of fused-ring (bicyclic) bond motifs is 1. The predicted molar refractivity (Wildman–Crippen MR) is 99.7 cm³/mol. The van der Waals surface area contributed by atoms with Crippen molar-refractivity contribution in [2.75, 3.05) is 19.8 Å². The summed E-state index contributed by atoms with van der Waals surface area (Å²) in [6.07, 6.45) is 5.42. The molecule has 0 spiro atoms. The maximum Gasteiger partial charge on any atom is 0.410 e. The van der Waals surface area contributed by atoms with Crippen molar-refractivity contribution in [3.05, 3.63) is 35.9 Å². The minimum atomic E-state index is -0.352. The van der Waals surface area contributed by atoms with E-state index in [4.69, 9.17) is 9.47 Å². The number of hydrogen-bond donors (Lipinski definition) is 1. The summed E-state index contributed by atoms with van der Waals surface area (Å²) in [5.74, 6) is 0.949. The highest BCUT2D eigenvalue weighted by atomic mass is 16.6. The van der Waals surface area contributed by atoms with Gasteiger partial charge < -0.3 is 14.6 Å². The fraction of sp³-hybridized carbons (Fsp3) is 0.667. The van der Waals surface area contributed by atoms with E-state index in [0.29, 0.717) is 18.4 Å². The Kier molecular flexibility index (Phi) is 6.92. The van der Waals surface area contributed by atoms with Crippen molar-refractivity contribution in [2.45, 2.75) is 57.8 Å². The molecule has 26 heavy (non-hydrogen) atoms. The number of carbonyl (C=O) groups is 1. The van der Waals surface area contributed by atoms with Crippen LogP contribution in [0, 0.1) is 11.8 Å². The second-order valence-corrected chi connectivity index (χ2v) is 7.57. The first kappa shape index (κ1) is 19.2. The van der Waals surface area contributed by atoms with Crippen LogP contribution in [0.4, 0.5) is 4.79 Å². The smallest absolute Gasteiger partial charge is 0.410 e. The first-order valence-corrected chi connectivity index (χ1v) is 9.92. The van der Waals surface area contributed by atoms with Crippen LogP contribution in [0.1, 0.15) is 44.6 Å². The maximum atomic E-state index is 12.6. The Labute approximate surface area is 156 Å². The Balaban J connectivity index is 1.60. The first-order chi connectivity index (χ1) is 12.7. The largest absolute Gasteiger partial charge is 0.445 e. The van der Waals surface area contributed by atoms with E-state index in [0.717, 1.165) is 25.0 Å². The second kappa shape index (κ2) is 9.38. The van der Waals surface area contributed by atoms with Crippen LogP contribution in [0.15, 0.2) is 30.3 Å².